The standard InChI is InChI=1S/C33H25Cl2N3O4/c1-19-30(20(2)42-37-19)24-15-29-31(36-16-24)25(17-38(29)32-27(34)13-23(33(39)40)14-28(32)35)11-22-9-6-10-26(12-22)41-18-21-7-4-3-5-8-21/h3-10,12-17H,11,18H2,1-2H3,(H,39,40). The fraction of sp³-hybridized carbons (Fsp3) is 0.121. The predicted octanol–water partition coefficient (Wildman–Crippen LogP) is 8.47. The van der Waals surface area contributed by atoms with Gasteiger partial charge >= 0.3 is 5.97 Å². The Kier molecular flexibility index (Phi) is 7.45. The third kappa shape index (κ3) is 5.36. The Bertz CT molecular complexity index is 1900. The van der Waals surface area contributed by atoms with Crippen LogP contribution in [0.3, 0.4) is 0 Å². The molecular weight excluding hydrogens is 573 g/mol. The summed E-state index contributed by atoms with van der Waals surface area (Å²) in [6.07, 6.45) is 4.31. The first-order valence-electron chi connectivity index (χ1n) is 13.2. The number of pyridine rings is 1. The number of aromatic carboxylic acids is 1. The van der Waals surface area contributed by atoms with E-state index in [9.17, 15) is 9.90 Å². The van der Waals surface area contributed by atoms with Crippen LogP contribution in [0.5, 0.6) is 5.75 Å². The molecule has 42 heavy (non-hydrogen) atoms. The van der Waals surface area contributed by atoms with Crippen molar-refractivity contribution < 1.29 is 19.2 Å². The second-order valence-electron chi connectivity index (χ2n) is 10.0. The minimum Gasteiger partial charge on any atom is -0.489 e. The van der Waals surface area contributed by atoms with Crippen LogP contribution < -0.4 is 4.74 Å². The van der Waals surface area contributed by atoms with Crippen molar-refractivity contribution in [1.82, 2.24) is 14.7 Å². The van der Waals surface area contributed by atoms with Gasteiger partial charge in [-0.2, -0.15) is 0 Å². The van der Waals surface area contributed by atoms with E-state index < -0.39 is 5.97 Å². The summed E-state index contributed by atoms with van der Waals surface area (Å²) in [7, 11) is 0. The van der Waals surface area contributed by atoms with Crippen LogP contribution in [0.2, 0.25) is 10.0 Å². The number of aromatic nitrogens is 3. The largest absolute Gasteiger partial charge is 0.489 e. The van der Waals surface area contributed by atoms with E-state index in [2.05, 4.69) is 5.16 Å². The molecule has 9 heteroatoms. The fourth-order valence-electron chi connectivity index (χ4n) is 5.14. The van der Waals surface area contributed by atoms with E-state index in [1.807, 2.05) is 85.3 Å². The van der Waals surface area contributed by atoms with Crippen molar-refractivity contribution in [2.45, 2.75) is 26.9 Å². The average Bonchev–Trinajstić information content (AvgIpc) is 3.50. The Hall–Kier alpha value is -4.59. The lowest BCUT2D eigenvalue weighted by Gasteiger charge is -2.12. The van der Waals surface area contributed by atoms with Crippen LogP contribution in [0, 0.1) is 13.8 Å². The summed E-state index contributed by atoms with van der Waals surface area (Å²) in [5, 5.41) is 14.0. The SMILES string of the molecule is Cc1noc(C)c1-c1cnc2c(Cc3cccc(OCc4ccccc4)c3)cn(-c3c(Cl)cc(C(=O)O)cc3Cl)c2c1. The first-order chi connectivity index (χ1) is 20.3. The van der Waals surface area contributed by atoms with Crippen LogP contribution in [0.4, 0.5) is 0 Å². The topological polar surface area (TPSA) is 90.4 Å². The third-order valence-electron chi connectivity index (χ3n) is 7.08. The molecule has 3 aromatic heterocycles. The molecule has 1 N–H and O–H groups in total. The first kappa shape index (κ1) is 27.6. The van der Waals surface area contributed by atoms with E-state index in [1.165, 1.54) is 12.1 Å². The zero-order chi connectivity index (χ0) is 29.4. The number of hydrogen-bond donors (Lipinski definition) is 1. The van der Waals surface area contributed by atoms with E-state index in [0.29, 0.717) is 24.5 Å². The summed E-state index contributed by atoms with van der Waals surface area (Å²) in [6, 6.07) is 22.8. The number of carboxylic acids is 1. The van der Waals surface area contributed by atoms with Crippen molar-refractivity contribution in [2.75, 3.05) is 0 Å². The number of ether oxygens (including phenoxy) is 1. The molecule has 6 rings (SSSR count). The van der Waals surface area contributed by atoms with Gasteiger partial charge in [0, 0.05) is 35.5 Å². The molecule has 0 atom stereocenters. The van der Waals surface area contributed by atoms with E-state index in [0.717, 1.165) is 50.3 Å². The quantitative estimate of drug-likeness (QED) is 0.189. The summed E-state index contributed by atoms with van der Waals surface area (Å²) < 4.78 is 13.3. The van der Waals surface area contributed by atoms with Crippen LogP contribution in [-0.2, 0) is 13.0 Å². The average molecular weight is 598 g/mol. The van der Waals surface area contributed by atoms with Crippen LogP contribution in [0.25, 0.3) is 27.8 Å². The Morgan fingerprint density at radius 2 is 1.71 bits per heavy atom. The lowest BCUT2D eigenvalue weighted by Crippen LogP contribution is -2.01. The van der Waals surface area contributed by atoms with Crippen molar-refractivity contribution in [3.63, 3.8) is 0 Å². The number of nitrogens with zero attached hydrogens (tertiary/aromatic N) is 3. The highest BCUT2D eigenvalue weighted by Gasteiger charge is 2.21. The molecule has 3 heterocycles. The molecule has 210 valence electrons. The summed E-state index contributed by atoms with van der Waals surface area (Å²) >= 11 is 13.3. The molecule has 0 aliphatic rings. The van der Waals surface area contributed by atoms with Gasteiger partial charge in [0.2, 0.25) is 0 Å². The zero-order valence-corrected chi connectivity index (χ0v) is 24.3. The zero-order valence-electron chi connectivity index (χ0n) is 22.8. The van der Waals surface area contributed by atoms with Crippen molar-refractivity contribution in [3.05, 3.63) is 129 Å². The van der Waals surface area contributed by atoms with Crippen molar-refractivity contribution >= 4 is 40.2 Å². The molecule has 0 aliphatic heterocycles. The van der Waals surface area contributed by atoms with Gasteiger partial charge < -0.3 is 18.9 Å². The summed E-state index contributed by atoms with van der Waals surface area (Å²) in [4.78, 5) is 16.5. The first-order valence-corrected chi connectivity index (χ1v) is 14.0. The van der Waals surface area contributed by atoms with Gasteiger partial charge in [0.15, 0.2) is 0 Å². The molecule has 0 bridgehead atoms. The maximum atomic E-state index is 11.6. The molecule has 0 radical (unpaired) electrons. The van der Waals surface area contributed by atoms with Gasteiger partial charge in [0.25, 0.3) is 0 Å². The van der Waals surface area contributed by atoms with Gasteiger partial charge in [-0.25, -0.2) is 4.79 Å². The number of aryl methyl sites for hydroxylation is 2. The van der Waals surface area contributed by atoms with Crippen LogP contribution in [0.1, 0.15) is 38.5 Å². The molecule has 3 aromatic carbocycles. The number of fused-ring (bicyclic) bond motifs is 1. The van der Waals surface area contributed by atoms with Crippen LogP contribution >= 0.6 is 23.2 Å². The van der Waals surface area contributed by atoms with Gasteiger partial charge in [-0.3, -0.25) is 4.98 Å². The number of rotatable bonds is 8. The Morgan fingerprint density at radius 3 is 2.40 bits per heavy atom. The molecule has 7 nitrogen and oxygen atoms in total. The van der Waals surface area contributed by atoms with E-state index in [4.69, 9.17) is 37.4 Å². The van der Waals surface area contributed by atoms with Crippen LogP contribution in [0.15, 0.2) is 89.7 Å². The van der Waals surface area contributed by atoms with Crippen molar-refractivity contribution in [2.24, 2.45) is 0 Å². The highest BCUT2D eigenvalue weighted by molar-refractivity contribution is 6.38. The maximum absolute atomic E-state index is 11.6. The number of benzene rings is 3. The predicted molar refractivity (Wildman–Crippen MR) is 163 cm³/mol. The van der Waals surface area contributed by atoms with Crippen molar-refractivity contribution in [1.29, 1.82) is 0 Å². The van der Waals surface area contributed by atoms with E-state index in [1.54, 1.807) is 6.20 Å². The molecule has 6 aromatic rings. The van der Waals surface area contributed by atoms with Gasteiger partial charge in [-0.05, 0) is 55.3 Å². The van der Waals surface area contributed by atoms with Crippen LogP contribution in [-0.4, -0.2) is 25.8 Å². The number of carbonyl (C=O) groups is 1. The Labute approximate surface area is 251 Å². The molecule has 0 fully saturated rings. The summed E-state index contributed by atoms with van der Waals surface area (Å²) in [5.74, 6) is 0.338. The number of carboxylic acid groups (broad SMARTS) is 1. The summed E-state index contributed by atoms with van der Waals surface area (Å²) in [6.45, 7) is 4.21. The summed E-state index contributed by atoms with van der Waals surface area (Å²) in [5.41, 5.74) is 7.49. The van der Waals surface area contributed by atoms with Gasteiger partial charge in [0.1, 0.15) is 18.1 Å². The fourth-order valence-corrected chi connectivity index (χ4v) is 5.81. The highest BCUT2D eigenvalue weighted by Crippen LogP contribution is 2.37. The minimum atomic E-state index is -1.11. The van der Waals surface area contributed by atoms with Crippen molar-refractivity contribution in [3.8, 4) is 22.6 Å². The number of hydrogen-bond acceptors (Lipinski definition) is 5. The third-order valence-corrected chi connectivity index (χ3v) is 7.66. The smallest absolute Gasteiger partial charge is 0.335 e. The van der Waals surface area contributed by atoms with E-state index >= 15 is 0 Å². The minimum absolute atomic E-state index is 0.00675. The van der Waals surface area contributed by atoms with E-state index in [-0.39, 0.29) is 15.6 Å². The number of halogens is 2. The lowest BCUT2D eigenvalue weighted by molar-refractivity contribution is 0.0697. The molecule has 0 saturated carbocycles. The van der Waals surface area contributed by atoms with Gasteiger partial charge in [-0.1, -0.05) is 70.8 Å². The maximum Gasteiger partial charge on any atom is 0.335 e. The normalized spacial score (nSPS) is 11.2. The molecule has 0 unspecified atom stereocenters. The second kappa shape index (κ2) is 11.4. The second-order valence-corrected chi connectivity index (χ2v) is 10.8. The lowest BCUT2D eigenvalue weighted by atomic mass is 10.0. The Balaban J connectivity index is 1.43. The molecule has 0 amide bonds. The molecule has 0 spiro atoms. The highest BCUT2D eigenvalue weighted by atomic mass is 35.5. The van der Waals surface area contributed by atoms with Gasteiger partial charge in [-0.15, -0.1) is 0 Å². The molecular formula is C33H25Cl2N3O4. The van der Waals surface area contributed by atoms with Gasteiger partial charge in [0.05, 0.1) is 38.0 Å². The molecule has 0 aliphatic carbocycles. The molecule has 0 saturated heterocycles. The monoisotopic (exact) mass is 597 g/mol. The Morgan fingerprint density at radius 1 is 0.976 bits per heavy atom.